The molecule has 14 heavy (non-hydrogen) atoms. The summed E-state index contributed by atoms with van der Waals surface area (Å²) in [6.07, 6.45) is 3.87. The smallest absolute Gasteiger partial charge is 0.0558 e. The summed E-state index contributed by atoms with van der Waals surface area (Å²) in [4.78, 5) is 2.35. The first-order chi connectivity index (χ1) is 6.74. The molecule has 0 spiro atoms. The van der Waals surface area contributed by atoms with Gasteiger partial charge in [0.05, 0.1) is 6.61 Å². The molecule has 1 atom stereocenters. The normalized spacial score (nSPS) is 22.5. The second kappa shape index (κ2) is 6.38. The number of rotatable bonds is 6. The van der Waals surface area contributed by atoms with E-state index < -0.39 is 0 Å². The molecule has 3 heteroatoms. The summed E-state index contributed by atoms with van der Waals surface area (Å²) in [6, 6.07) is 1.26. The van der Waals surface area contributed by atoms with Crippen molar-refractivity contribution in [1.82, 2.24) is 10.2 Å². The molecule has 0 bridgehead atoms. The molecule has 0 aromatic carbocycles. The second-order valence-electron chi connectivity index (χ2n) is 4.44. The van der Waals surface area contributed by atoms with Gasteiger partial charge < -0.3 is 10.4 Å². The predicted molar refractivity (Wildman–Crippen MR) is 59.4 cm³/mol. The van der Waals surface area contributed by atoms with Crippen LogP contribution in [0.15, 0.2) is 0 Å². The summed E-state index contributed by atoms with van der Waals surface area (Å²) in [5, 5.41) is 12.4. The maximum Gasteiger partial charge on any atom is 0.0558 e. The average molecular weight is 200 g/mol. The Balaban J connectivity index is 2.17. The van der Waals surface area contributed by atoms with Gasteiger partial charge in [0.2, 0.25) is 0 Å². The summed E-state index contributed by atoms with van der Waals surface area (Å²) in [6.45, 7) is 7.76. The third-order valence-corrected chi connectivity index (χ3v) is 3.04. The van der Waals surface area contributed by atoms with Crippen LogP contribution in [0.1, 0.15) is 33.1 Å². The van der Waals surface area contributed by atoms with Crippen LogP contribution in [0.3, 0.4) is 0 Å². The largest absolute Gasteiger partial charge is 0.395 e. The quantitative estimate of drug-likeness (QED) is 0.667. The third kappa shape index (κ3) is 3.95. The van der Waals surface area contributed by atoms with Crippen LogP contribution in [0.4, 0.5) is 0 Å². The topological polar surface area (TPSA) is 35.5 Å². The van der Waals surface area contributed by atoms with E-state index in [0.717, 1.165) is 19.1 Å². The molecule has 1 saturated heterocycles. The summed E-state index contributed by atoms with van der Waals surface area (Å²) in [5.74, 6) is 0. The Morgan fingerprint density at radius 2 is 2.21 bits per heavy atom. The first-order valence-electron chi connectivity index (χ1n) is 5.82. The van der Waals surface area contributed by atoms with E-state index in [2.05, 4.69) is 24.1 Å². The van der Waals surface area contributed by atoms with Gasteiger partial charge in [-0.2, -0.15) is 0 Å². The van der Waals surface area contributed by atoms with Crippen molar-refractivity contribution in [3.63, 3.8) is 0 Å². The van der Waals surface area contributed by atoms with Crippen molar-refractivity contribution in [2.45, 2.75) is 45.2 Å². The fourth-order valence-electron chi connectivity index (χ4n) is 2.08. The second-order valence-corrected chi connectivity index (χ2v) is 4.44. The van der Waals surface area contributed by atoms with E-state index in [9.17, 15) is 0 Å². The van der Waals surface area contributed by atoms with E-state index in [1.807, 2.05) is 0 Å². The van der Waals surface area contributed by atoms with Gasteiger partial charge in [0.1, 0.15) is 0 Å². The van der Waals surface area contributed by atoms with Crippen LogP contribution in [0.5, 0.6) is 0 Å². The van der Waals surface area contributed by atoms with Gasteiger partial charge in [-0.3, -0.25) is 4.90 Å². The van der Waals surface area contributed by atoms with Gasteiger partial charge in [0.15, 0.2) is 0 Å². The van der Waals surface area contributed by atoms with Crippen LogP contribution in [0.25, 0.3) is 0 Å². The number of hydrogen-bond donors (Lipinski definition) is 2. The lowest BCUT2D eigenvalue weighted by molar-refractivity contribution is 0.160. The number of aliphatic hydroxyl groups is 1. The molecule has 0 aromatic rings. The summed E-state index contributed by atoms with van der Waals surface area (Å²) < 4.78 is 0. The zero-order chi connectivity index (χ0) is 10.4. The predicted octanol–water partition coefficient (Wildman–Crippen LogP) is 0.831. The Bertz CT molecular complexity index is 144. The van der Waals surface area contributed by atoms with Gasteiger partial charge in [0.25, 0.3) is 0 Å². The molecule has 1 heterocycles. The van der Waals surface area contributed by atoms with Gasteiger partial charge in [-0.15, -0.1) is 0 Å². The van der Waals surface area contributed by atoms with Crippen LogP contribution in [-0.2, 0) is 0 Å². The molecule has 0 saturated carbocycles. The minimum Gasteiger partial charge on any atom is -0.395 e. The van der Waals surface area contributed by atoms with Gasteiger partial charge in [-0.25, -0.2) is 0 Å². The summed E-state index contributed by atoms with van der Waals surface area (Å²) >= 11 is 0. The van der Waals surface area contributed by atoms with E-state index >= 15 is 0 Å². The van der Waals surface area contributed by atoms with Crippen molar-refractivity contribution in [3.8, 4) is 0 Å². The molecule has 1 rings (SSSR count). The molecular weight excluding hydrogens is 176 g/mol. The third-order valence-electron chi connectivity index (χ3n) is 3.04. The molecule has 1 unspecified atom stereocenters. The lowest BCUT2D eigenvalue weighted by Gasteiger charge is -2.26. The van der Waals surface area contributed by atoms with Crippen LogP contribution in [0.2, 0.25) is 0 Å². The van der Waals surface area contributed by atoms with Crippen LogP contribution >= 0.6 is 0 Å². The fourth-order valence-corrected chi connectivity index (χ4v) is 2.08. The highest BCUT2D eigenvalue weighted by atomic mass is 16.3. The molecule has 0 aromatic heterocycles. The Labute approximate surface area is 87.5 Å². The van der Waals surface area contributed by atoms with Gasteiger partial charge in [0, 0.05) is 18.6 Å². The molecule has 3 nitrogen and oxygen atoms in total. The molecule has 1 aliphatic rings. The Morgan fingerprint density at radius 3 is 2.71 bits per heavy atom. The molecule has 0 amide bonds. The molecule has 1 fully saturated rings. The fraction of sp³-hybridized carbons (Fsp3) is 1.00. The number of hydrogen-bond acceptors (Lipinski definition) is 3. The molecule has 0 radical (unpaired) electrons. The highest BCUT2D eigenvalue weighted by Crippen LogP contribution is 2.10. The Morgan fingerprint density at radius 1 is 1.43 bits per heavy atom. The average Bonchev–Trinajstić information content (AvgIpc) is 2.64. The maximum absolute atomic E-state index is 8.92. The van der Waals surface area contributed by atoms with Crippen molar-refractivity contribution >= 4 is 0 Å². The number of nitrogens with zero attached hydrogens (tertiary/aromatic N) is 1. The lowest BCUT2D eigenvalue weighted by Crippen LogP contribution is -2.37. The van der Waals surface area contributed by atoms with E-state index in [4.69, 9.17) is 5.11 Å². The van der Waals surface area contributed by atoms with Gasteiger partial charge in [-0.05, 0) is 46.2 Å². The first-order valence-corrected chi connectivity index (χ1v) is 5.82. The van der Waals surface area contributed by atoms with E-state index in [1.165, 1.54) is 25.8 Å². The minimum absolute atomic E-state index is 0.274. The van der Waals surface area contributed by atoms with Crippen molar-refractivity contribution in [2.24, 2.45) is 0 Å². The van der Waals surface area contributed by atoms with Crippen LogP contribution < -0.4 is 5.32 Å². The van der Waals surface area contributed by atoms with E-state index in [-0.39, 0.29) is 6.61 Å². The summed E-state index contributed by atoms with van der Waals surface area (Å²) in [5.41, 5.74) is 0. The summed E-state index contributed by atoms with van der Waals surface area (Å²) in [7, 11) is 0. The minimum atomic E-state index is 0.274. The van der Waals surface area contributed by atoms with E-state index in [1.54, 1.807) is 0 Å². The van der Waals surface area contributed by atoms with Crippen LogP contribution in [0, 0.1) is 0 Å². The zero-order valence-electron chi connectivity index (χ0n) is 9.50. The highest BCUT2D eigenvalue weighted by molar-refractivity contribution is 4.76. The molecule has 0 aliphatic carbocycles. The highest BCUT2D eigenvalue weighted by Gasteiger charge is 2.16. The molecule has 84 valence electrons. The van der Waals surface area contributed by atoms with Crippen molar-refractivity contribution in [3.05, 3.63) is 0 Å². The zero-order valence-corrected chi connectivity index (χ0v) is 9.50. The van der Waals surface area contributed by atoms with Crippen LogP contribution in [-0.4, -0.2) is 48.3 Å². The number of nitrogens with one attached hydrogen (secondary N) is 1. The monoisotopic (exact) mass is 200 g/mol. The maximum atomic E-state index is 8.92. The molecule has 2 N–H and O–H groups in total. The Kier molecular flexibility index (Phi) is 5.45. The van der Waals surface area contributed by atoms with Crippen molar-refractivity contribution < 1.29 is 5.11 Å². The molecular formula is C11H24N2O. The number of aliphatic hydroxyl groups excluding tert-OH is 1. The van der Waals surface area contributed by atoms with E-state index in [0.29, 0.717) is 6.04 Å². The van der Waals surface area contributed by atoms with Crippen molar-refractivity contribution in [2.75, 3.05) is 26.2 Å². The molecule has 1 aliphatic heterocycles. The first kappa shape index (κ1) is 12.0. The Hall–Kier alpha value is -0.120. The SMILES string of the molecule is CC(C)N(CCO)CCC1CCCN1. The lowest BCUT2D eigenvalue weighted by atomic mass is 10.1. The van der Waals surface area contributed by atoms with Crippen molar-refractivity contribution in [1.29, 1.82) is 0 Å². The standard InChI is InChI=1S/C11H24N2O/c1-10(2)13(8-9-14)7-5-11-4-3-6-12-11/h10-12,14H,3-9H2,1-2H3. The van der Waals surface area contributed by atoms with Gasteiger partial charge >= 0.3 is 0 Å². The van der Waals surface area contributed by atoms with Gasteiger partial charge in [-0.1, -0.05) is 0 Å².